The molecule has 0 atom stereocenters. The number of rotatable bonds is 4. The summed E-state index contributed by atoms with van der Waals surface area (Å²) in [6.07, 6.45) is 5.58. The van der Waals surface area contributed by atoms with Crippen LogP contribution in [0.4, 0.5) is 4.79 Å². The highest BCUT2D eigenvalue weighted by Gasteiger charge is 2.03. The van der Waals surface area contributed by atoms with Gasteiger partial charge < -0.3 is 10.5 Å². The van der Waals surface area contributed by atoms with Crippen LogP contribution in [0.3, 0.4) is 0 Å². The molecular formula is C15H12N2O3. The lowest BCUT2D eigenvalue weighted by Crippen LogP contribution is -2.16. The monoisotopic (exact) mass is 268 g/mol. The van der Waals surface area contributed by atoms with Crippen molar-refractivity contribution in [3.8, 4) is 5.75 Å². The van der Waals surface area contributed by atoms with Gasteiger partial charge in [-0.05, 0) is 48.0 Å². The molecule has 0 aliphatic rings. The summed E-state index contributed by atoms with van der Waals surface area (Å²) in [5, 5.41) is 0. The van der Waals surface area contributed by atoms with Gasteiger partial charge in [0.1, 0.15) is 5.75 Å². The maximum absolute atomic E-state index is 11.9. The van der Waals surface area contributed by atoms with Crippen LogP contribution in [0.25, 0.3) is 6.08 Å². The fourth-order valence-corrected chi connectivity index (χ4v) is 1.55. The third-order valence-corrected chi connectivity index (χ3v) is 2.47. The molecule has 1 amide bonds. The number of nitrogens with zero attached hydrogens (tertiary/aromatic N) is 1. The molecule has 5 heteroatoms. The molecule has 1 aromatic carbocycles. The third kappa shape index (κ3) is 3.78. The van der Waals surface area contributed by atoms with Crippen molar-refractivity contribution < 1.29 is 14.3 Å². The minimum Gasteiger partial charge on any atom is -0.411 e. The van der Waals surface area contributed by atoms with Gasteiger partial charge in [-0.25, -0.2) is 4.79 Å². The lowest BCUT2D eigenvalue weighted by Gasteiger charge is -2.01. The van der Waals surface area contributed by atoms with Crippen LogP contribution >= 0.6 is 0 Å². The second-order valence-corrected chi connectivity index (χ2v) is 3.93. The first kappa shape index (κ1) is 13.5. The quantitative estimate of drug-likeness (QED) is 0.682. The Morgan fingerprint density at radius 1 is 1.15 bits per heavy atom. The average molecular weight is 268 g/mol. The highest BCUT2D eigenvalue weighted by molar-refractivity contribution is 6.06. The fraction of sp³-hybridized carbons (Fsp3) is 0. The van der Waals surface area contributed by atoms with Crippen molar-refractivity contribution in [3.63, 3.8) is 0 Å². The number of pyridine rings is 1. The first-order chi connectivity index (χ1) is 9.65. The third-order valence-electron chi connectivity index (χ3n) is 2.47. The van der Waals surface area contributed by atoms with E-state index in [2.05, 4.69) is 9.72 Å². The molecule has 2 N–H and O–H groups in total. The van der Waals surface area contributed by atoms with Gasteiger partial charge in [0.25, 0.3) is 0 Å². The summed E-state index contributed by atoms with van der Waals surface area (Å²) in [4.78, 5) is 26.4. The smallest absolute Gasteiger partial charge is 0.409 e. The van der Waals surface area contributed by atoms with E-state index in [1.54, 1.807) is 36.7 Å². The van der Waals surface area contributed by atoms with E-state index < -0.39 is 6.09 Å². The Morgan fingerprint density at radius 2 is 1.90 bits per heavy atom. The van der Waals surface area contributed by atoms with E-state index in [9.17, 15) is 9.59 Å². The molecule has 0 fully saturated rings. The largest absolute Gasteiger partial charge is 0.411 e. The van der Waals surface area contributed by atoms with Gasteiger partial charge in [-0.15, -0.1) is 0 Å². The van der Waals surface area contributed by atoms with E-state index in [0.29, 0.717) is 11.3 Å². The molecule has 0 spiro atoms. The van der Waals surface area contributed by atoms with Gasteiger partial charge in [0, 0.05) is 18.0 Å². The van der Waals surface area contributed by atoms with Crippen molar-refractivity contribution >= 4 is 18.0 Å². The molecule has 0 aliphatic carbocycles. The molecule has 0 saturated heterocycles. The van der Waals surface area contributed by atoms with E-state index in [1.807, 2.05) is 6.07 Å². The zero-order chi connectivity index (χ0) is 14.4. The molecule has 0 saturated carbocycles. The fourth-order valence-electron chi connectivity index (χ4n) is 1.55. The number of allylic oxidation sites excluding steroid dienone is 1. The normalized spacial score (nSPS) is 10.4. The van der Waals surface area contributed by atoms with Gasteiger partial charge in [0.15, 0.2) is 5.78 Å². The second-order valence-electron chi connectivity index (χ2n) is 3.93. The predicted octanol–water partition coefficient (Wildman–Crippen LogP) is 2.44. The van der Waals surface area contributed by atoms with Crippen LogP contribution in [0, 0.1) is 0 Å². The van der Waals surface area contributed by atoms with Crippen LogP contribution in [-0.2, 0) is 0 Å². The number of hydrogen-bond acceptors (Lipinski definition) is 4. The van der Waals surface area contributed by atoms with Gasteiger partial charge in [-0.3, -0.25) is 9.78 Å². The number of primary amides is 1. The molecule has 5 nitrogen and oxygen atoms in total. The summed E-state index contributed by atoms with van der Waals surface area (Å²) < 4.78 is 4.68. The van der Waals surface area contributed by atoms with Crippen LogP contribution in [0.15, 0.2) is 54.9 Å². The molecule has 0 bridgehead atoms. The summed E-state index contributed by atoms with van der Waals surface area (Å²) in [6, 6.07) is 9.79. The standard InChI is InChI=1S/C15H12N2O3/c16-15(19)20-13-6-4-12(5-7-13)14(18)8-3-11-2-1-9-17-10-11/h1-10H,(H2,16,19)/b8-3+. The Labute approximate surface area is 115 Å². The van der Waals surface area contributed by atoms with E-state index in [-0.39, 0.29) is 5.78 Å². The van der Waals surface area contributed by atoms with E-state index in [4.69, 9.17) is 5.73 Å². The van der Waals surface area contributed by atoms with E-state index in [1.165, 1.54) is 18.2 Å². The number of benzene rings is 1. The second kappa shape index (κ2) is 6.29. The number of ether oxygens (including phenoxy) is 1. The Kier molecular flexibility index (Phi) is 4.24. The highest BCUT2D eigenvalue weighted by Crippen LogP contribution is 2.13. The summed E-state index contributed by atoms with van der Waals surface area (Å²) in [7, 11) is 0. The Bertz CT molecular complexity index is 634. The van der Waals surface area contributed by atoms with Crippen LogP contribution in [0.1, 0.15) is 15.9 Å². The summed E-state index contributed by atoms with van der Waals surface area (Å²) in [5.41, 5.74) is 6.22. The Morgan fingerprint density at radius 3 is 2.50 bits per heavy atom. The number of aromatic nitrogens is 1. The van der Waals surface area contributed by atoms with Crippen LogP contribution in [-0.4, -0.2) is 16.9 Å². The first-order valence-electron chi connectivity index (χ1n) is 5.85. The number of nitrogens with two attached hydrogens (primary N) is 1. The summed E-state index contributed by atoms with van der Waals surface area (Å²) in [6.45, 7) is 0. The van der Waals surface area contributed by atoms with Gasteiger partial charge in [-0.1, -0.05) is 6.07 Å². The molecule has 0 aliphatic heterocycles. The SMILES string of the molecule is NC(=O)Oc1ccc(C(=O)/C=C/c2cccnc2)cc1. The zero-order valence-electron chi connectivity index (χ0n) is 10.5. The number of carbonyl (C=O) groups excluding carboxylic acids is 2. The van der Waals surface area contributed by atoms with E-state index >= 15 is 0 Å². The maximum atomic E-state index is 11.9. The molecular weight excluding hydrogens is 256 g/mol. The molecule has 2 aromatic rings. The Balaban J connectivity index is 2.06. The first-order valence-corrected chi connectivity index (χ1v) is 5.85. The molecule has 20 heavy (non-hydrogen) atoms. The van der Waals surface area contributed by atoms with Crippen molar-refractivity contribution in [1.29, 1.82) is 0 Å². The molecule has 2 rings (SSSR count). The van der Waals surface area contributed by atoms with Crippen molar-refractivity contribution in [3.05, 3.63) is 66.0 Å². The van der Waals surface area contributed by atoms with Crippen LogP contribution in [0.5, 0.6) is 5.75 Å². The lowest BCUT2D eigenvalue weighted by molar-refractivity contribution is 0.104. The lowest BCUT2D eigenvalue weighted by atomic mass is 10.1. The number of hydrogen-bond donors (Lipinski definition) is 1. The highest BCUT2D eigenvalue weighted by atomic mass is 16.5. The average Bonchev–Trinajstić information content (AvgIpc) is 2.46. The molecule has 1 aromatic heterocycles. The molecule has 0 radical (unpaired) electrons. The van der Waals surface area contributed by atoms with Crippen molar-refractivity contribution in [2.75, 3.05) is 0 Å². The van der Waals surface area contributed by atoms with Gasteiger partial charge in [-0.2, -0.15) is 0 Å². The predicted molar refractivity (Wildman–Crippen MR) is 74.3 cm³/mol. The van der Waals surface area contributed by atoms with Crippen molar-refractivity contribution in [2.45, 2.75) is 0 Å². The molecule has 1 heterocycles. The number of carbonyl (C=O) groups is 2. The molecule has 100 valence electrons. The maximum Gasteiger partial charge on any atom is 0.409 e. The zero-order valence-corrected chi connectivity index (χ0v) is 10.5. The van der Waals surface area contributed by atoms with E-state index in [0.717, 1.165) is 5.56 Å². The topological polar surface area (TPSA) is 82.3 Å². The van der Waals surface area contributed by atoms with Crippen LogP contribution in [0.2, 0.25) is 0 Å². The van der Waals surface area contributed by atoms with Gasteiger partial charge in [0.2, 0.25) is 0 Å². The summed E-state index contributed by atoms with van der Waals surface area (Å²) >= 11 is 0. The molecule has 0 unspecified atom stereocenters. The minimum atomic E-state index is -0.888. The van der Waals surface area contributed by atoms with Gasteiger partial charge >= 0.3 is 6.09 Å². The van der Waals surface area contributed by atoms with Crippen molar-refractivity contribution in [2.24, 2.45) is 5.73 Å². The minimum absolute atomic E-state index is 0.153. The number of amides is 1. The van der Waals surface area contributed by atoms with Crippen molar-refractivity contribution in [1.82, 2.24) is 4.98 Å². The van der Waals surface area contributed by atoms with Crippen LogP contribution < -0.4 is 10.5 Å². The number of ketones is 1. The summed E-state index contributed by atoms with van der Waals surface area (Å²) in [5.74, 6) is 0.143. The van der Waals surface area contributed by atoms with Gasteiger partial charge in [0.05, 0.1) is 0 Å². The Hall–Kier alpha value is -2.95.